The molecule has 0 aliphatic carbocycles. The Bertz CT molecular complexity index is 593. The minimum Gasteiger partial charge on any atom is -0.496 e. The van der Waals surface area contributed by atoms with Gasteiger partial charge in [0.2, 0.25) is 0 Å². The minimum absolute atomic E-state index is 0.0770. The van der Waals surface area contributed by atoms with Crippen molar-refractivity contribution in [3.8, 4) is 5.75 Å². The molecule has 0 saturated carbocycles. The van der Waals surface area contributed by atoms with E-state index in [1.54, 1.807) is 7.11 Å². The number of nitrogens with zero attached hydrogens (tertiary/aromatic N) is 2. The Balaban J connectivity index is 2.30. The summed E-state index contributed by atoms with van der Waals surface area (Å²) in [6, 6.07) is 7.17. The van der Waals surface area contributed by atoms with Crippen molar-refractivity contribution in [2.24, 2.45) is 5.73 Å². The molecular weight excluding hydrogens is 230 g/mol. The van der Waals surface area contributed by atoms with E-state index in [0.717, 1.165) is 16.9 Å². The Hall–Kier alpha value is -2.14. The number of ether oxygens (including phenoxy) is 1. The van der Waals surface area contributed by atoms with E-state index in [4.69, 9.17) is 10.5 Å². The van der Waals surface area contributed by atoms with Gasteiger partial charge in [0.25, 0.3) is 5.56 Å². The molecule has 5 heteroatoms. The Kier molecular flexibility index (Phi) is 3.74. The van der Waals surface area contributed by atoms with E-state index in [1.165, 1.54) is 23.2 Å². The molecule has 2 aromatic rings. The molecule has 1 aromatic carbocycles. The highest BCUT2D eigenvalue weighted by molar-refractivity contribution is 5.37. The Morgan fingerprint density at radius 1 is 1.39 bits per heavy atom. The van der Waals surface area contributed by atoms with Gasteiger partial charge in [-0.2, -0.15) is 0 Å². The van der Waals surface area contributed by atoms with Gasteiger partial charge in [0, 0.05) is 24.4 Å². The lowest BCUT2D eigenvalue weighted by molar-refractivity contribution is 0.409. The van der Waals surface area contributed by atoms with Crippen LogP contribution in [0.2, 0.25) is 0 Å². The Morgan fingerprint density at radius 2 is 2.22 bits per heavy atom. The van der Waals surface area contributed by atoms with Crippen molar-refractivity contribution in [3.63, 3.8) is 0 Å². The van der Waals surface area contributed by atoms with E-state index in [2.05, 4.69) is 4.98 Å². The zero-order chi connectivity index (χ0) is 13.0. The van der Waals surface area contributed by atoms with Gasteiger partial charge in [0.1, 0.15) is 5.75 Å². The second-order valence-corrected chi connectivity index (χ2v) is 3.90. The highest BCUT2D eigenvalue weighted by Gasteiger charge is 2.04. The molecule has 0 saturated heterocycles. The van der Waals surface area contributed by atoms with E-state index >= 15 is 0 Å². The third kappa shape index (κ3) is 2.57. The van der Waals surface area contributed by atoms with Crippen LogP contribution in [0.3, 0.4) is 0 Å². The third-order valence-electron chi connectivity index (χ3n) is 2.72. The topological polar surface area (TPSA) is 70.1 Å². The van der Waals surface area contributed by atoms with Crippen LogP contribution in [0.4, 0.5) is 0 Å². The summed E-state index contributed by atoms with van der Waals surface area (Å²) in [4.78, 5) is 15.5. The second kappa shape index (κ2) is 5.46. The van der Waals surface area contributed by atoms with Crippen molar-refractivity contribution in [1.82, 2.24) is 9.55 Å². The van der Waals surface area contributed by atoms with Gasteiger partial charge in [-0.05, 0) is 11.6 Å². The molecule has 0 atom stereocenters. The molecule has 0 aliphatic heterocycles. The third-order valence-corrected chi connectivity index (χ3v) is 2.72. The fourth-order valence-corrected chi connectivity index (χ4v) is 1.75. The molecule has 2 N–H and O–H groups in total. The standard InChI is InChI=1S/C13H15N3O2/c1-18-12-6-10(2-3-11(12)7-14)8-16-9-15-5-4-13(16)17/h2-6,9H,7-8,14H2,1H3. The van der Waals surface area contributed by atoms with Crippen LogP contribution >= 0.6 is 0 Å². The van der Waals surface area contributed by atoms with Crippen LogP contribution in [0.1, 0.15) is 11.1 Å². The number of methoxy groups -OCH3 is 1. The average molecular weight is 245 g/mol. The summed E-state index contributed by atoms with van der Waals surface area (Å²) < 4.78 is 6.80. The maximum Gasteiger partial charge on any atom is 0.253 e. The van der Waals surface area contributed by atoms with Crippen molar-refractivity contribution < 1.29 is 4.74 Å². The zero-order valence-corrected chi connectivity index (χ0v) is 10.2. The van der Waals surface area contributed by atoms with Crippen molar-refractivity contribution >= 4 is 0 Å². The smallest absolute Gasteiger partial charge is 0.253 e. The molecular formula is C13H15N3O2. The van der Waals surface area contributed by atoms with Crippen LogP contribution in [-0.2, 0) is 13.1 Å². The molecule has 2 rings (SSSR count). The zero-order valence-electron chi connectivity index (χ0n) is 10.2. The molecule has 18 heavy (non-hydrogen) atoms. The van der Waals surface area contributed by atoms with E-state index in [1.807, 2.05) is 18.2 Å². The van der Waals surface area contributed by atoms with Gasteiger partial charge in [-0.3, -0.25) is 9.36 Å². The summed E-state index contributed by atoms with van der Waals surface area (Å²) in [7, 11) is 1.61. The number of hydrogen-bond donors (Lipinski definition) is 1. The molecule has 0 amide bonds. The van der Waals surface area contributed by atoms with Gasteiger partial charge in [0.05, 0.1) is 20.0 Å². The van der Waals surface area contributed by atoms with Crippen LogP contribution in [0.25, 0.3) is 0 Å². The highest BCUT2D eigenvalue weighted by Crippen LogP contribution is 2.19. The SMILES string of the molecule is COc1cc(Cn2cnccc2=O)ccc1CN. The molecule has 0 aliphatic rings. The maximum absolute atomic E-state index is 11.6. The van der Waals surface area contributed by atoms with Gasteiger partial charge in [0.15, 0.2) is 0 Å². The van der Waals surface area contributed by atoms with Gasteiger partial charge < -0.3 is 10.5 Å². The van der Waals surface area contributed by atoms with Crippen LogP contribution in [0.5, 0.6) is 5.75 Å². The molecule has 1 aromatic heterocycles. The van der Waals surface area contributed by atoms with Crippen molar-refractivity contribution in [3.05, 3.63) is 58.3 Å². The largest absolute Gasteiger partial charge is 0.496 e. The number of nitrogens with two attached hydrogens (primary N) is 1. The summed E-state index contributed by atoms with van der Waals surface area (Å²) in [5.74, 6) is 0.743. The van der Waals surface area contributed by atoms with Crippen LogP contribution in [-0.4, -0.2) is 16.7 Å². The minimum atomic E-state index is -0.0770. The van der Waals surface area contributed by atoms with E-state index < -0.39 is 0 Å². The first-order chi connectivity index (χ1) is 8.74. The van der Waals surface area contributed by atoms with Gasteiger partial charge in [-0.25, -0.2) is 4.98 Å². The molecule has 0 spiro atoms. The van der Waals surface area contributed by atoms with Crippen LogP contribution in [0, 0.1) is 0 Å². The fourth-order valence-electron chi connectivity index (χ4n) is 1.75. The summed E-state index contributed by atoms with van der Waals surface area (Å²) in [5, 5.41) is 0. The lowest BCUT2D eigenvalue weighted by Crippen LogP contribution is -2.19. The fraction of sp³-hybridized carbons (Fsp3) is 0.231. The van der Waals surface area contributed by atoms with Crippen molar-refractivity contribution in [2.45, 2.75) is 13.1 Å². The van der Waals surface area contributed by atoms with Crippen LogP contribution in [0.15, 0.2) is 41.6 Å². The molecule has 1 heterocycles. The highest BCUT2D eigenvalue weighted by atomic mass is 16.5. The number of hydrogen-bond acceptors (Lipinski definition) is 4. The average Bonchev–Trinajstić information content (AvgIpc) is 2.41. The second-order valence-electron chi connectivity index (χ2n) is 3.90. The van der Waals surface area contributed by atoms with E-state index in [-0.39, 0.29) is 5.56 Å². The van der Waals surface area contributed by atoms with Gasteiger partial charge in [-0.1, -0.05) is 12.1 Å². The molecule has 0 radical (unpaired) electrons. The molecule has 0 unspecified atom stereocenters. The van der Waals surface area contributed by atoms with Gasteiger partial charge >= 0.3 is 0 Å². The van der Waals surface area contributed by atoms with E-state index in [0.29, 0.717) is 13.1 Å². The number of rotatable bonds is 4. The lowest BCUT2D eigenvalue weighted by Gasteiger charge is -2.10. The first-order valence-electron chi connectivity index (χ1n) is 5.61. The predicted octanol–water partition coefficient (Wildman–Crippen LogP) is 0.759. The monoisotopic (exact) mass is 245 g/mol. The first kappa shape index (κ1) is 12.3. The van der Waals surface area contributed by atoms with Crippen LogP contribution < -0.4 is 16.0 Å². The molecule has 0 fully saturated rings. The molecule has 5 nitrogen and oxygen atoms in total. The normalized spacial score (nSPS) is 10.3. The lowest BCUT2D eigenvalue weighted by atomic mass is 10.1. The number of aromatic nitrogens is 2. The Labute approximate surface area is 105 Å². The van der Waals surface area contributed by atoms with Crippen molar-refractivity contribution in [2.75, 3.05) is 7.11 Å². The Morgan fingerprint density at radius 3 is 2.89 bits per heavy atom. The summed E-state index contributed by atoms with van der Waals surface area (Å²) in [6.45, 7) is 0.893. The van der Waals surface area contributed by atoms with Gasteiger partial charge in [-0.15, -0.1) is 0 Å². The molecule has 0 bridgehead atoms. The summed E-state index contributed by atoms with van der Waals surface area (Å²) >= 11 is 0. The van der Waals surface area contributed by atoms with E-state index in [9.17, 15) is 4.79 Å². The first-order valence-corrected chi connectivity index (χ1v) is 5.61. The van der Waals surface area contributed by atoms with Crippen molar-refractivity contribution in [1.29, 1.82) is 0 Å². The summed E-state index contributed by atoms with van der Waals surface area (Å²) in [6.07, 6.45) is 3.00. The predicted molar refractivity (Wildman–Crippen MR) is 68.5 cm³/mol. The maximum atomic E-state index is 11.6. The quantitative estimate of drug-likeness (QED) is 0.863. The molecule has 94 valence electrons. The number of benzene rings is 1. The summed E-state index contributed by atoms with van der Waals surface area (Å²) in [5.41, 5.74) is 7.45.